The maximum Gasteiger partial charge on any atom is 0.310 e. The van der Waals surface area contributed by atoms with Crippen molar-refractivity contribution in [3.63, 3.8) is 0 Å². The molecule has 2 N–H and O–H groups in total. The molecule has 1 atom stereocenters. The minimum atomic E-state index is -0.412. The summed E-state index contributed by atoms with van der Waals surface area (Å²) in [6, 6.07) is 4.91. The average molecular weight is 281 g/mol. The molecule has 0 unspecified atom stereocenters. The third-order valence-corrected chi connectivity index (χ3v) is 3.35. The molecule has 0 amide bonds. The van der Waals surface area contributed by atoms with E-state index < -0.39 is 4.92 Å². The molecular weight excluding hydrogens is 260 g/mol. The zero-order valence-corrected chi connectivity index (χ0v) is 11.7. The van der Waals surface area contributed by atoms with Crippen molar-refractivity contribution in [2.45, 2.75) is 25.9 Å². The molecule has 0 aliphatic carbocycles. The third-order valence-electron chi connectivity index (χ3n) is 3.35. The van der Waals surface area contributed by atoms with E-state index in [4.69, 9.17) is 9.47 Å². The van der Waals surface area contributed by atoms with E-state index >= 15 is 0 Å². The Morgan fingerprint density at radius 2 is 2.40 bits per heavy atom. The van der Waals surface area contributed by atoms with Gasteiger partial charge >= 0.3 is 5.69 Å². The van der Waals surface area contributed by atoms with E-state index in [2.05, 4.69) is 5.32 Å². The summed E-state index contributed by atoms with van der Waals surface area (Å²) >= 11 is 0. The standard InChI is InChI=1S/C14H20N2O4/c1-11-4-5-13(16(17)18)14(9-11)20-8-6-15-10-12-3-2-7-19-12/h4-5,9,12,15H,2-3,6-8,10H2,1H3/p+1/t12-/m1/s1. The SMILES string of the molecule is Cc1ccc([N+](=O)[O-])c(OCC[NH2+]C[C@H]2CCCO2)c1. The summed E-state index contributed by atoms with van der Waals surface area (Å²) < 4.78 is 11.1. The molecule has 1 aromatic carbocycles. The molecule has 0 saturated carbocycles. The van der Waals surface area contributed by atoms with Gasteiger partial charge in [-0.1, -0.05) is 6.07 Å². The van der Waals surface area contributed by atoms with Crippen molar-refractivity contribution >= 4 is 5.69 Å². The molecule has 1 saturated heterocycles. The first-order valence-electron chi connectivity index (χ1n) is 6.98. The highest BCUT2D eigenvalue weighted by Crippen LogP contribution is 2.27. The van der Waals surface area contributed by atoms with Gasteiger partial charge in [0.25, 0.3) is 0 Å². The summed E-state index contributed by atoms with van der Waals surface area (Å²) in [6.07, 6.45) is 2.62. The van der Waals surface area contributed by atoms with Crippen LogP contribution in [-0.2, 0) is 4.74 Å². The zero-order valence-electron chi connectivity index (χ0n) is 11.7. The average Bonchev–Trinajstić information content (AvgIpc) is 2.91. The summed E-state index contributed by atoms with van der Waals surface area (Å²) in [5, 5.41) is 13.0. The van der Waals surface area contributed by atoms with E-state index in [1.54, 1.807) is 12.1 Å². The third kappa shape index (κ3) is 4.18. The van der Waals surface area contributed by atoms with Crippen molar-refractivity contribution in [1.29, 1.82) is 0 Å². The molecule has 0 aromatic heterocycles. The van der Waals surface area contributed by atoms with Crippen molar-refractivity contribution < 1.29 is 19.7 Å². The number of hydrogen-bond acceptors (Lipinski definition) is 4. The zero-order chi connectivity index (χ0) is 14.4. The Bertz CT molecular complexity index is 458. The largest absolute Gasteiger partial charge is 0.481 e. The Morgan fingerprint density at radius 3 is 3.10 bits per heavy atom. The summed E-state index contributed by atoms with van der Waals surface area (Å²) in [7, 11) is 0. The lowest BCUT2D eigenvalue weighted by Gasteiger charge is -2.09. The second-order valence-corrected chi connectivity index (χ2v) is 5.02. The highest BCUT2D eigenvalue weighted by atomic mass is 16.6. The lowest BCUT2D eigenvalue weighted by Crippen LogP contribution is -2.87. The first-order chi connectivity index (χ1) is 9.66. The number of nitro groups is 1. The highest BCUT2D eigenvalue weighted by molar-refractivity contribution is 5.48. The van der Waals surface area contributed by atoms with E-state index in [0.29, 0.717) is 18.5 Å². The normalized spacial score (nSPS) is 18.1. The Hall–Kier alpha value is -1.66. The predicted molar refractivity (Wildman–Crippen MR) is 74.0 cm³/mol. The van der Waals surface area contributed by atoms with Crippen molar-refractivity contribution in [2.24, 2.45) is 0 Å². The van der Waals surface area contributed by atoms with Gasteiger partial charge < -0.3 is 14.8 Å². The lowest BCUT2D eigenvalue weighted by molar-refractivity contribution is -0.661. The molecule has 110 valence electrons. The smallest absolute Gasteiger partial charge is 0.310 e. The minimum Gasteiger partial charge on any atom is -0.481 e. The van der Waals surface area contributed by atoms with Crippen molar-refractivity contribution in [3.05, 3.63) is 33.9 Å². The van der Waals surface area contributed by atoms with Gasteiger partial charge in [-0.3, -0.25) is 10.1 Å². The molecule has 0 radical (unpaired) electrons. The number of hydrogen-bond donors (Lipinski definition) is 1. The van der Waals surface area contributed by atoms with Crippen LogP contribution in [0.2, 0.25) is 0 Å². The minimum absolute atomic E-state index is 0.0229. The molecular formula is C14H21N2O4+. The quantitative estimate of drug-likeness (QED) is 0.460. The summed E-state index contributed by atoms with van der Waals surface area (Å²) in [5.41, 5.74) is 0.976. The Kier molecular flexibility index (Phi) is 5.31. The van der Waals surface area contributed by atoms with Gasteiger partial charge in [0.05, 0.1) is 4.92 Å². The van der Waals surface area contributed by atoms with Crippen LogP contribution in [0, 0.1) is 17.0 Å². The second kappa shape index (κ2) is 7.21. The van der Waals surface area contributed by atoms with Crippen LogP contribution < -0.4 is 10.1 Å². The van der Waals surface area contributed by atoms with Crippen LogP contribution in [0.25, 0.3) is 0 Å². The molecule has 0 bridgehead atoms. The number of nitrogens with two attached hydrogens (primary N) is 1. The fourth-order valence-corrected chi connectivity index (χ4v) is 2.27. The monoisotopic (exact) mass is 281 g/mol. The van der Waals surface area contributed by atoms with Gasteiger partial charge in [0, 0.05) is 12.7 Å². The Morgan fingerprint density at radius 1 is 1.55 bits per heavy atom. The molecule has 1 fully saturated rings. The molecule has 20 heavy (non-hydrogen) atoms. The van der Waals surface area contributed by atoms with Gasteiger partial charge in [0.15, 0.2) is 5.75 Å². The first-order valence-corrected chi connectivity index (χ1v) is 6.98. The van der Waals surface area contributed by atoms with Gasteiger partial charge in [-0.05, 0) is 31.4 Å². The van der Waals surface area contributed by atoms with Crippen LogP contribution in [0.5, 0.6) is 5.75 Å². The number of nitro benzene ring substituents is 1. The second-order valence-electron chi connectivity index (χ2n) is 5.02. The van der Waals surface area contributed by atoms with E-state index in [-0.39, 0.29) is 5.69 Å². The van der Waals surface area contributed by atoms with Crippen molar-refractivity contribution in [1.82, 2.24) is 0 Å². The van der Waals surface area contributed by atoms with E-state index in [1.165, 1.54) is 6.07 Å². The van der Waals surface area contributed by atoms with Crippen LogP contribution in [0.15, 0.2) is 18.2 Å². The molecule has 6 nitrogen and oxygen atoms in total. The van der Waals surface area contributed by atoms with E-state index in [0.717, 1.165) is 38.1 Å². The summed E-state index contributed by atoms with van der Waals surface area (Å²) in [5.74, 6) is 0.348. The number of quaternary nitrogens is 1. The number of rotatable bonds is 7. The van der Waals surface area contributed by atoms with Gasteiger partial charge in [0.1, 0.15) is 25.8 Å². The highest BCUT2D eigenvalue weighted by Gasteiger charge is 2.17. The van der Waals surface area contributed by atoms with Crippen molar-refractivity contribution in [3.8, 4) is 5.75 Å². The fourth-order valence-electron chi connectivity index (χ4n) is 2.27. The molecule has 1 aromatic rings. The van der Waals surface area contributed by atoms with Crippen LogP contribution in [0.4, 0.5) is 5.69 Å². The molecule has 2 rings (SSSR count). The predicted octanol–water partition coefficient (Wildman–Crippen LogP) is 1.02. The van der Waals surface area contributed by atoms with Gasteiger partial charge in [-0.2, -0.15) is 0 Å². The van der Waals surface area contributed by atoms with Crippen LogP contribution in [0.3, 0.4) is 0 Å². The number of aryl methyl sites for hydroxylation is 1. The van der Waals surface area contributed by atoms with Crippen LogP contribution in [-0.4, -0.2) is 37.3 Å². The van der Waals surface area contributed by atoms with Crippen LogP contribution in [0.1, 0.15) is 18.4 Å². The van der Waals surface area contributed by atoms with Gasteiger partial charge in [0.2, 0.25) is 0 Å². The lowest BCUT2D eigenvalue weighted by atomic mass is 10.2. The molecule has 1 aliphatic rings. The Labute approximate surface area is 118 Å². The topological polar surface area (TPSA) is 78.2 Å². The van der Waals surface area contributed by atoms with E-state index in [1.807, 2.05) is 6.92 Å². The molecule has 6 heteroatoms. The fraction of sp³-hybridized carbons (Fsp3) is 0.571. The van der Waals surface area contributed by atoms with Gasteiger partial charge in [-0.25, -0.2) is 0 Å². The summed E-state index contributed by atoms with van der Waals surface area (Å²) in [4.78, 5) is 10.5. The number of benzene rings is 1. The number of nitrogens with zero attached hydrogens (tertiary/aromatic N) is 1. The summed E-state index contributed by atoms with van der Waals surface area (Å²) in [6.45, 7) is 4.91. The first kappa shape index (κ1) is 14.7. The number of ether oxygens (including phenoxy) is 2. The van der Waals surface area contributed by atoms with E-state index in [9.17, 15) is 10.1 Å². The molecule has 0 spiro atoms. The maximum atomic E-state index is 10.9. The van der Waals surface area contributed by atoms with Gasteiger partial charge in [-0.15, -0.1) is 0 Å². The molecule has 1 heterocycles. The van der Waals surface area contributed by atoms with Crippen molar-refractivity contribution in [2.75, 3.05) is 26.3 Å². The maximum absolute atomic E-state index is 10.9. The van der Waals surface area contributed by atoms with Crippen LogP contribution >= 0.6 is 0 Å². The molecule has 1 aliphatic heterocycles. The Balaban J connectivity index is 1.75.